The minimum absolute atomic E-state index is 0.176. The quantitative estimate of drug-likeness (QED) is 0.0951. The van der Waals surface area contributed by atoms with Crippen molar-refractivity contribution in [1.82, 2.24) is 14.7 Å². The molecule has 0 atom stereocenters. The summed E-state index contributed by atoms with van der Waals surface area (Å²) in [6, 6.07) is 9.13. The van der Waals surface area contributed by atoms with Gasteiger partial charge >= 0.3 is 11.9 Å². The topological polar surface area (TPSA) is 272 Å². The van der Waals surface area contributed by atoms with Gasteiger partial charge in [-0.1, -0.05) is 18.2 Å². The Morgan fingerprint density at radius 1 is 0.904 bits per heavy atom. The van der Waals surface area contributed by atoms with E-state index in [1.165, 1.54) is 24.3 Å². The molecule has 19 nitrogen and oxygen atoms in total. The highest BCUT2D eigenvalue weighted by molar-refractivity contribution is 7.86. The van der Waals surface area contributed by atoms with Crippen molar-refractivity contribution in [3.63, 3.8) is 0 Å². The zero-order valence-corrected chi connectivity index (χ0v) is 28.3. The number of amides is 3. The number of anilines is 1. The number of esters is 2. The molecule has 3 aromatic rings. The lowest BCUT2D eigenvalue weighted by Crippen LogP contribution is -2.27. The molecule has 2 aliphatic rings. The van der Waals surface area contributed by atoms with E-state index in [4.69, 9.17) is 9.47 Å². The number of nitrogens with zero attached hydrogens (tertiary/aromatic N) is 5. The van der Waals surface area contributed by atoms with Crippen LogP contribution in [0.3, 0.4) is 0 Å². The molecule has 0 bridgehead atoms. The van der Waals surface area contributed by atoms with Gasteiger partial charge in [-0.25, -0.2) is 14.3 Å². The van der Waals surface area contributed by atoms with Crippen molar-refractivity contribution < 1.29 is 64.5 Å². The molecule has 2 N–H and O–H groups in total. The van der Waals surface area contributed by atoms with Crippen molar-refractivity contribution in [2.45, 2.75) is 22.6 Å². The van der Waals surface area contributed by atoms with Crippen LogP contribution in [-0.2, 0) is 48.9 Å². The number of imide groups is 1. The molecule has 21 heteroatoms. The predicted molar refractivity (Wildman–Crippen MR) is 174 cm³/mol. The molecule has 2 aromatic carbocycles. The largest absolute Gasteiger partial charge is 0.858 e. The fourth-order valence-electron chi connectivity index (χ4n) is 5.00. The number of aromatic nitrogens is 2. The molecule has 0 radical (unpaired) electrons. The van der Waals surface area contributed by atoms with E-state index in [0.29, 0.717) is 14.6 Å². The van der Waals surface area contributed by atoms with E-state index in [0.717, 1.165) is 62.8 Å². The van der Waals surface area contributed by atoms with Crippen LogP contribution in [0.4, 0.5) is 5.69 Å². The lowest BCUT2D eigenvalue weighted by molar-refractivity contribution is -0.278. The fourth-order valence-corrected chi connectivity index (χ4v) is 6.19. The molecule has 0 spiro atoms. The Labute approximate surface area is 293 Å². The highest BCUT2D eigenvalue weighted by atomic mass is 32.2. The van der Waals surface area contributed by atoms with Crippen LogP contribution in [0.25, 0.3) is 11.8 Å². The number of hydrazone groups is 1. The van der Waals surface area contributed by atoms with Gasteiger partial charge in [-0.05, 0) is 60.5 Å². The molecule has 1 fully saturated rings. The number of likely N-dealkylation sites (tertiary alicyclic amines) is 1. The zero-order valence-electron chi connectivity index (χ0n) is 26.7. The van der Waals surface area contributed by atoms with E-state index in [2.05, 4.69) is 10.2 Å². The number of benzene rings is 2. The standard InChI is InChI=1S/C31H25N5O14S2/c1-49-30(41)26-20(28(39)35(32-26)18-6-5-7-19(16-18)51(43,44)45)12-10-17(34-24(37)14-15-25(34)38)11-13-21-27(31(42)50-2)33-36(29(21)40)22-8-3-4-9-23(22)52(46,47)48/h3-13,16,39H,14-15H2,1-2H3,(H,43,44,45)(H,46,47,48)/p-1/b12-10+,17-11-,21-13+. The van der Waals surface area contributed by atoms with Crippen LogP contribution in [0.1, 0.15) is 28.9 Å². The van der Waals surface area contributed by atoms with Crippen LogP contribution >= 0.6 is 0 Å². The normalized spacial score (nSPS) is 16.3. The lowest BCUT2D eigenvalue weighted by atomic mass is 10.1. The molecular weight excluding hydrogens is 730 g/mol. The van der Waals surface area contributed by atoms with Crippen molar-refractivity contribution in [2.75, 3.05) is 19.2 Å². The minimum atomic E-state index is -4.88. The van der Waals surface area contributed by atoms with Crippen molar-refractivity contribution in [3.05, 3.63) is 89.3 Å². The van der Waals surface area contributed by atoms with E-state index in [-0.39, 0.29) is 24.2 Å². The number of rotatable bonds is 10. The fraction of sp³-hybridized carbons (Fsp3) is 0.129. The van der Waals surface area contributed by atoms with Gasteiger partial charge in [-0.2, -0.15) is 32.0 Å². The molecule has 1 saturated heterocycles. The van der Waals surface area contributed by atoms with Crippen LogP contribution in [0, 0.1) is 0 Å². The van der Waals surface area contributed by atoms with E-state index in [1.54, 1.807) is 0 Å². The van der Waals surface area contributed by atoms with Crippen LogP contribution in [0.15, 0.2) is 92.9 Å². The van der Waals surface area contributed by atoms with Gasteiger partial charge in [0.15, 0.2) is 11.4 Å². The molecule has 2 aliphatic heterocycles. The van der Waals surface area contributed by atoms with Gasteiger partial charge in [0.1, 0.15) is 4.90 Å². The Morgan fingerprint density at radius 2 is 1.56 bits per heavy atom. The molecule has 5 rings (SSSR count). The third-order valence-corrected chi connectivity index (χ3v) is 9.15. The molecule has 0 saturated carbocycles. The summed E-state index contributed by atoms with van der Waals surface area (Å²) in [6.45, 7) is 0. The number of hydrogen-bond donors (Lipinski definition) is 2. The van der Waals surface area contributed by atoms with E-state index in [9.17, 15) is 55.0 Å². The summed E-state index contributed by atoms with van der Waals surface area (Å²) in [6.07, 6.45) is 3.61. The second-order valence-corrected chi connectivity index (χ2v) is 13.4. The SMILES string of the molecule is COC(=O)C1=NN(c2ccccc2S(=O)(=O)O)C(=O)/C1=C/C=C(/C=C/c1c(C(=O)OC)nn(-c2cccc(S(=O)(=O)O)c2)c1[O-])N1C(=O)CCC1=O. The maximum atomic E-state index is 13.6. The lowest BCUT2D eigenvalue weighted by Gasteiger charge is -2.16. The van der Waals surface area contributed by atoms with Gasteiger partial charge in [0.25, 0.3) is 26.1 Å². The first-order chi connectivity index (χ1) is 24.5. The molecule has 3 amide bonds. The molecule has 52 heavy (non-hydrogen) atoms. The maximum Gasteiger partial charge on any atom is 0.359 e. The summed E-state index contributed by atoms with van der Waals surface area (Å²) in [5.74, 6) is -5.73. The molecule has 0 aliphatic carbocycles. The van der Waals surface area contributed by atoms with Crippen LogP contribution in [0.2, 0.25) is 0 Å². The Hall–Kier alpha value is -6.29. The molecule has 270 valence electrons. The van der Waals surface area contributed by atoms with E-state index >= 15 is 0 Å². The summed E-state index contributed by atoms with van der Waals surface area (Å²) >= 11 is 0. The Kier molecular flexibility index (Phi) is 10.1. The van der Waals surface area contributed by atoms with Gasteiger partial charge in [0.05, 0.1) is 41.8 Å². The third kappa shape index (κ3) is 7.14. The van der Waals surface area contributed by atoms with Gasteiger partial charge in [-0.15, -0.1) is 0 Å². The maximum absolute atomic E-state index is 13.6. The van der Waals surface area contributed by atoms with Gasteiger partial charge < -0.3 is 14.6 Å². The summed E-state index contributed by atoms with van der Waals surface area (Å²) in [5.41, 5.74) is -3.05. The summed E-state index contributed by atoms with van der Waals surface area (Å²) in [5, 5.41) is 21.9. The van der Waals surface area contributed by atoms with Crippen LogP contribution in [-0.4, -0.2) is 90.2 Å². The van der Waals surface area contributed by atoms with Crippen LogP contribution in [0.5, 0.6) is 5.88 Å². The van der Waals surface area contributed by atoms with E-state index in [1.807, 2.05) is 0 Å². The van der Waals surface area contributed by atoms with Gasteiger partial charge in [0, 0.05) is 18.4 Å². The number of methoxy groups -OCH3 is 2. The monoisotopic (exact) mass is 754 g/mol. The highest BCUT2D eigenvalue weighted by Gasteiger charge is 2.38. The number of hydrogen-bond acceptors (Lipinski definition) is 14. The molecule has 0 unspecified atom stereocenters. The Balaban J connectivity index is 1.65. The second kappa shape index (κ2) is 14.1. The first-order valence-corrected chi connectivity index (χ1v) is 17.4. The van der Waals surface area contributed by atoms with Gasteiger partial charge in [-0.3, -0.25) is 28.4 Å². The number of carbonyl (C=O) groups excluding carboxylic acids is 5. The first-order valence-electron chi connectivity index (χ1n) is 14.5. The second-order valence-electron chi connectivity index (χ2n) is 10.6. The number of carbonyl (C=O) groups is 5. The Morgan fingerprint density at radius 3 is 2.17 bits per heavy atom. The average molecular weight is 755 g/mol. The first kappa shape index (κ1) is 37.0. The van der Waals surface area contributed by atoms with E-state index < -0.39 is 93.8 Å². The minimum Gasteiger partial charge on any atom is -0.858 e. The van der Waals surface area contributed by atoms with Gasteiger partial charge in [0.2, 0.25) is 11.8 Å². The Bertz CT molecular complexity index is 2390. The van der Waals surface area contributed by atoms with Crippen molar-refractivity contribution in [1.29, 1.82) is 0 Å². The van der Waals surface area contributed by atoms with Crippen molar-refractivity contribution in [2.24, 2.45) is 5.10 Å². The predicted octanol–water partition coefficient (Wildman–Crippen LogP) is 0.774. The van der Waals surface area contributed by atoms with Crippen molar-refractivity contribution >= 4 is 67.4 Å². The third-order valence-electron chi connectivity index (χ3n) is 7.40. The zero-order chi connectivity index (χ0) is 38.1. The van der Waals surface area contributed by atoms with Crippen molar-refractivity contribution in [3.8, 4) is 11.6 Å². The van der Waals surface area contributed by atoms with Crippen LogP contribution < -0.4 is 10.1 Å². The smallest absolute Gasteiger partial charge is 0.359 e. The number of para-hydroxylation sites is 1. The highest BCUT2D eigenvalue weighted by Crippen LogP contribution is 2.31. The summed E-state index contributed by atoms with van der Waals surface area (Å²) in [7, 11) is -7.61. The summed E-state index contributed by atoms with van der Waals surface area (Å²) < 4.78 is 76.6. The number of ether oxygens (including phenoxy) is 2. The molecular formula is C31H24N5O14S2-. The average Bonchev–Trinajstić information content (AvgIpc) is 3.74. The summed E-state index contributed by atoms with van der Waals surface area (Å²) in [4.78, 5) is 63.9. The molecule has 3 heterocycles. The number of allylic oxidation sites excluding steroid dienone is 3. The molecule has 1 aromatic heterocycles.